The molecule has 2 fully saturated rings. The number of imidazole rings is 1. The molecule has 1 saturated carbocycles. The van der Waals surface area contributed by atoms with Gasteiger partial charge in [0.15, 0.2) is 0 Å². The van der Waals surface area contributed by atoms with E-state index in [0.717, 1.165) is 31.9 Å². The first-order valence-electron chi connectivity index (χ1n) is 10.6. The van der Waals surface area contributed by atoms with E-state index in [1.807, 2.05) is 12.4 Å². The molecule has 2 aromatic rings. The summed E-state index contributed by atoms with van der Waals surface area (Å²) in [5, 5.41) is 3.85. The van der Waals surface area contributed by atoms with Crippen LogP contribution in [0.5, 0.6) is 0 Å². The van der Waals surface area contributed by atoms with Crippen LogP contribution in [0, 0.1) is 11.3 Å². The maximum atomic E-state index is 6.03. The smallest absolute Gasteiger partial charge is 0.137 e. The number of nitrogens with one attached hydrogen (secondary N) is 1. The predicted octanol–water partition coefficient (Wildman–Crippen LogP) is 4.28. The van der Waals surface area contributed by atoms with Gasteiger partial charge in [0, 0.05) is 45.1 Å². The molecule has 1 aromatic carbocycles. The lowest BCUT2D eigenvalue weighted by Gasteiger charge is -2.38. The van der Waals surface area contributed by atoms with Crippen molar-refractivity contribution in [1.29, 1.82) is 0 Å². The second kappa shape index (κ2) is 8.57. The Morgan fingerprint density at radius 2 is 2.00 bits per heavy atom. The largest absolute Gasteiger partial charge is 0.370 e. The number of hydrogen-bond acceptors (Lipinski definition) is 3. The molecular weight excluding hydrogens is 334 g/mol. The zero-order valence-corrected chi connectivity index (χ0v) is 16.6. The third-order valence-corrected chi connectivity index (χ3v) is 6.57. The number of ether oxygens (including phenoxy) is 1. The maximum Gasteiger partial charge on any atom is 0.137 e. The van der Waals surface area contributed by atoms with Gasteiger partial charge in [-0.25, -0.2) is 4.98 Å². The lowest BCUT2D eigenvalue weighted by atomic mass is 9.70. The summed E-state index contributed by atoms with van der Waals surface area (Å²) < 4.78 is 8.13. The van der Waals surface area contributed by atoms with Gasteiger partial charge in [0.05, 0.1) is 0 Å². The number of nitrogens with zero attached hydrogens (tertiary/aromatic N) is 2. The summed E-state index contributed by atoms with van der Waals surface area (Å²) in [4.78, 5) is 4.53. The Kier molecular flexibility index (Phi) is 5.94. The third-order valence-electron chi connectivity index (χ3n) is 6.57. The monoisotopic (exact) mass is 367 g/mol. The van der Waals surface area contributed by atoms with Gasteiger partial charge in [-0.1, -0.05) is 49.6 Å². The molecule has 27 heavy (non-hydrogen) atoms. The molecule has 1 aliphatic heterocycles. The van der Waals surface area contributed by atoms with E-state index < -0.39 is 0 Å². The third kappa shape index (κ3) is 4.44. The van der Waals surface area contributed by atoms with Gasteiger partial charge in [0.1, 0.15) is 11.9 Å². The zero-order chi connectivity index (χ0) is 18.5. The molecule has 0 bridgehead atoms. The van der Waals surface area contributed by atoms with Crippen molar-refractivity contribution in [3.63, 3.8) is 0 Å². The van der Waals surface area contributed by atoms with Crippen LogP contribution in [0.4, 0.5) is 0 Å². The molecular formula is C23H33N3O. The van der Waals surface area contributed by atoms with Crippen LogP contribution in [0.3, 0.4) is 0 Å². The van der Waals surface area contributed by atoms with Gasteiger partial charge in [-0.05, 0) is 36.7 Å². The number of aryl methyl sites for hydroxylation is 1. The second-order valence-corrected chi connectivity index (χ2v) is 8.59. The molecule has 2 atom stereocenters. The highest BCUT2D eigenvalue weighted by molar-refractivity contribution is 5.17. The minimum atomic E-state index is 0.133. The Balaban J connectivity index is 1.37. The van der Waals surface area contributed by atoms with Crippen molar-refractivity contribution in [2.24, 2.45) is 18.4 Å². The molecule has 1 aromatic heterocycles. The van der Waals surface area contributed by atoms with Crippen molar-refractivity contribution < 1.29 is 4.74 Å². The lowest BCUT2D eigenvalue weighted by molar-refractivity contribution is 0.0794. The maximum absolute atomic E-state index is 6.03. The van der Waals surface area contributed by atoms with Gasteiger partial charge in [0.2, 0.25) is 0 Å². The fourth-order valence-electron chi connectivity index (χ4n) is 5.05. The van der Waals surface area contributed by atoms with Crippen LogP contribution >= 0.6 is 0 Å². The first kappa shape index (κ1) is 18.7. The lowest BCUT2D eigenvalue weighted by Crippen LogP contribution is -2.40. The number of rotatable bonds is 7. The van der Waals surface area contributed by atoms with Gasteiger partial charge in [0.25, 0.3) is 0 Å². The second-order valence-electron chi connectivity index (χ2n) is 8.59. The quantitative estimate of drug-likeness (QED) is 0.794. The fraction of sp³-hybridized carbons (Fsp3) is 0.609. The van der Waals surface area contributed by atoms with Crippen molar-refractivity contribution in [2.75, 3.05) is 19.7 Å². The minimum absolute atomic E-state index is 0.133. The summed E-state index contributed by atoms with van der Waals surface area (Å²) >= 11 is 0. The van der Waals surface area contributed by atoms with Crippen molar-refractivity contribution >= 4 is 0 Å². The molecule has 4 rings (SSSR count). The van der Waals surface area contributed by atoms with E-state index in [4.69, 9.17) is 4.74 Å². The molecule has 1 aliphatic carbocycles. The summed E-state index contributed by atoms with van der Waals surface area (Å²) in [6.45, 7) is 2.98. The van der Waals surface area contributed by atoms with Gasteiger partial charge in [-0.2, -0.15) is 0 Å². The van der Waals surface area contributed by atoms with Crippen molar-refractivity contribution in [2.45, 2.75) is 51.0 Å². The Labute approximate surface area is 163 Å². The first-order chi connectivity index (χ1) is 13.3. The highest BCUT2D eigenvalue weighted by Crippen LogP contribution is 2.39. The van der Waals surface area contributed by atoms with Crippen molar-refractivity contribution in [3.8, 4) is 0 Å². The molecule has 0 amide bonds. The van der Waals surface area contributed by atoms with E-state index in [9.17, 15) is 0 Å². The van der Waals surface area contributed by atoms with Gasteiger partial charge < -0.3 is 14.6 Å². The summed E-state index contributed by atoms with van der Waals surface area (Å²) in [5.74, 6) is 1.58. The highest BCUT2D eigenvalue weighted by Gasteiger charge is 2.35. The van der Waals surface area contributed by atoms with Crippen LogP contribution in [0.2, 0.25) is 0 Å². The molecule has 1 saturated heterocycles. The van der Waals surface area contributed by atoms with Crippen LogP contribution in [0.1, 0.15) is 56.0 Å². The SMILES string of the molecule is Cn1ccnc1[C@@H]1OCC[C@H]1CNCC1(Cc2ccccc2)CCCCC1. The summed E-state index contributed by atoms with van der Waals surface area (Å²) in [7, 11) is 2.06. The molecule has 146 valence electrons. The van der Waals surface area contributed by atoms with Crippen LogP contribution in [-0.2, 0) is 18.2 Å². The van der Waals surface area contributed by atoms with E-state index in [2.05, 4.69) is 52.2 Å². The molecule has 2 aliphatic rings. The molecule has 4 nitrogen and oxygen atoms in total. The predicted molar refractivity (Wildman–Crippen MR) is 109 cm³/mol. The van der Waals surface area contributed by atoms with Gasteiger partial charge >= 0.3 is 0 Å². The topological polar surface area (TPSA) is 39.1 Å². The molecule has 1 N–H and O–H groups in total. The fourth-order valence-corrected chi connectivity index (χ4v) is 5.05. The van der Waals surface area contributed by atoms with Gasteiger partial charge in [-0.3, -0.25) is 0 Å². The molecule has 0 spiro atoms. The van der Waals surface area contributed by atoms with Gasteiger partial charge in [-0.15, -0.1) is 0 Å². The van der Waals surface area contributed by atoms with Crippen LogP contribution in [0.15, 0.2) is 42.7 Å². The number of aromatic nitrogens is 2. The summed E-state index contributed by atoms with van der Waals surface area (Å²) in [5.41, 5.74) is 1.90. The average molecular weight is 368 g/mol. The van der Waals surface area contributed by atoms with E-state index in [-0.39, 0.29) is 6.10 Å². The normalized spacial score (nSPS) is 24.9. The van der Waals surface area contributed by atoms with Crippen molar-refractivity contribution in [1.82, 2.24) is 14.9 Å². The Morgan fingerprint density at radius 3 is 2.74 bits per heavy atom. The highest BCUT2D eigenvalue weighted by atomic mass is 16.5. The summed E-state index contributed by atoms with van der Waals surface area (Å²) in [6.07, 6.45) is 13.2. The Morgan fingerprint density at radius 1 is 1.19 bits per heavy atom. The van der Waals surface area contributed by atoms with Crippen LogP contribution in [-0.4, -0.2) is 29.2 Å². The standard InChI is InChI=1S/C23H33N3O/c1-26-14-13-25-22(26)21-20(10-15-27-21)17-24-18-23(11-6-3-7-12-23)16-19-8-4-2-5-9-19/h2,4-5,8-9,13-14,20-21,24H,3,6-7,10-12,15-18H2,1H3/t20-,21+/m0/s1. The molecule has 2 heterocycles. The average Bonchev–Trinajstić information content (AvgIpc) is 3.32. The number of benzene rings is 1. The Bertz CT molecular complexity index is 705. The van der Waals surface area contributed by atoms with E-state index >= 15 is 0 Å². The van der Waals surface area contributed by atoms with Crippen molar-refractivity contribution in [3.05, 3.63) is 54.1 Å². The zero-order valence-electron chi connectivity index (χ0n) is 16.6. The van der Waals surface area contributed by atoms with E-state index in [0.29, 0.717) is 11.3 Å². The summed E-state index contributed by atoms with van der Waals surface area (Å²) in [6, 6.07) is 11.0. The minimum Gasteiger partial charge on any atom is -0.370 e. The molecule has 0 radical (unpaired) electrons. The first-order valence-corrected chi connectivity index (χ1v) is 10.6. The van der Waals surface area contributed by atoms with Crippen LogP contribution < -0.4 is 5.32 Å². The Hall–Kier alpha value is -1.65. The molecule has 0 unspecified atom stereocenters. The number of hydrogen-bond donors (Lipinski definition) is 1. The molecule has 4 heteroatoms. The van der Waals surface area contributed by atoms with Crippen LogP contribution in [0.25, 0.3) is 0 Å². The van der Waals surface area contributed by atoms with E-state index in [1.54, 1.807) is 0 Å². The van der Waals surface area contributed by atoms with E-state index in [1.165, 1.54) is 44.1 Å².